The fourth-order valence-corrected chi connectivity index (χ4v) is 5.15. The number of benzene rings is 3. The molecule has 3 aromatic rings. The number of sulfonamides is 1. The summed E-state index contributed by atoms with van der Waals surface area (Å²) >= 11 is 6.17. The number of rotatable bonds is 9. The van der Waals surface area contributed by atoms with Crippen LogP contribution in [-0.2, 0) is 20.2 Å². The lowest BCUT2D eigenvalue weighted by Gasteiger charge is -2.24. The third-order valence-electron chi connectivity index (χ3n) is 6.09. The summed E-state index contributed by atoms with van der Waals surface area (Å²) in [5.74, 6) is -0.396. The Morgan fingerprint density at radius 1 is 0.946 bits per heavy atom. The molecule has 0 bridgehead atoms. The van der Waals surface area contributed by atoms with Gasteiger partial charge in [-0.3, -0.25) is 13.9 Å². The second kappa shape index (κ2) is 11.5. The van der Waals surface area contributed by atoms with E-state index in [1.807, 2.05) is 24.3 Å². The molecule has 0 saturated carbocycles. The fraction of sp³-hybridized carbons (Fsp3) is 0.310. The summed E-state index contributed by atoms with van der Waals surface area (Å²) in [5.41, 5.74) is 3.86. The zero-order valence-electron chi connectivity index (χ0n) is 21.8. The number of hydrogen-bond acceptors (Lipinski definition) is 4. The molecule has 37 heavy (non-hydrogen) atoms. The van der Waals surface area contributed by atoms with Gasteiger partial charge in [-0.15, -0.1) is 0 Å². The molecule has 196 valence electrons. The largest absolute Gasteiger partial charge is 0.326 e. The first-order valence-corrected chi connectivity index (χ1v) is 14.3. The van der Waals surface area contributed by atoms with Crippen molar-refractivity contribution < 1.29 is 18.0 Å². The Bertz CT molecular complexity index is 1390. The first kappa shape index (κ1) is 28.4. The van der Waals surface area contributed by atoms with Gasteiger partial charge in [0.25, 0.3) is 0 Å². The smallest absolute Gasteiger partial charge is 0.232 e. The maximum Gasteiger partial charge on any atom is 0.232 e. The predicted molar refractivity (Wildman–Crippen MR) is 151 cm³/mol. The zero-order valence-corrected chi connectivity index (χ0v) is 23.4. The van der Waals surface area contributed by atoms with E-state index in [2.05, 4.69) is 26.1 Å². The number of ketones is 1. The standard InChI is InChI=1S/C29H33ClN2O4S/c1-20-25(30)11-7-12-26(20)32(37(5,35)36)18-8-13-27(33)31-24-10-6-9-22(19-24)28(34)21-14-16-23(17-15-21)29(2,3)4/h6-7,9-12,14-17,19H,8,13,18H2,1-5H3,(H,31,33). The van der Waals surface area contributed by atoms with Crippen molar-refractivity contribution in [1.82, 2.24) is 0 Å². The third-order valence-corrected chi connectivity index (χ3v) is 7.68. The Balaban J connectivity index is 1.64. The minimum absolute atomic E-state index is 0.00288. The van der Waals surface area contributed by atoms with Gasteiger partial charge in [-0.1, -0.05) is 74.8 Å². The Kier molecular flexibility index (Phi) is 8.82. The van der Waals surface area contributed by atoms with Crippen LogP contribution in [0.5, 0.6) is 0 Å². The van der Waals surface area contributed by atoms with Crippen LogP contribution in [-0.4, -0.2) is 32.9 Å². The first-order chi connectivity index (χ1) is 17.3. The minimum atomic E-state index is -3.56. The molecule has 1 N–H and O–H groups in total. The first-order valence-electron chi connectivity index (χ1n) is 12.1. The average Bonchev–Trinajstić information content (AvgIpc) is 2.82. The predicted octanol–water partition coefficient (Wildman–Crippen LogP) is 6.36. The van der Waals surface area contributed by atoms with Crippen molar-refractivity contribution in [3.63, 3.8) is 0 Å². The van der Waals surface area contributed by atoms with E-state index in [0.717, 1.165) is 11.8 Å². The Morgan fingerprint density at radius 2 is 1.59 bits per heavy atom. The quantitative estimate of drug-likeness (QED) is 0.320. The number of hydrogen-bond donors (Lipinski definition) is 1. The lowest BCUT2D eigenvalue weighted by molar-refractivity contribution is -0.116. The van der Waals surface area contributed by atoms with Gasteiger partial charge in [0.1, 0.15) is 0 Å². The maximum atomic E-state index is 13.0. The summed E-state index contributed by atoms with van der Waals surface area (Å²) in [6.07, 6.45) is 1.55. The van der Waals surface area contributed by atoms with Crippen LogP contribution in [0.25, 0.3) is 0 Å². The van der Waals surface area contributed by atoms with Crippen molar-refractivity contribution in [2.75, 3.05) is 22.4 Å². The van der Waals surface area contributed by atoms with Crippen molar-refractivity contribution in [2.45, 2.75) is 46.0 Å². The Morgan fingerprint density at radius 3 is 2.22 bits per heavy atom. The molecule has 1 amide bonds. The molecule has 0 radical (unpaired) electrons. The van der Waals surface area contributed by atoms with Gasteiger partial charge in [0.05, 0.1) is 11.9 Å². The van der Waals surface area contributed by atoms with Crippen molar-refractivity contribution in [3.8, 4) is 0 Å². The molecule has 0 aliphatic carbocycles. The van der Waals surface area contributed by atoms with E-state index >= 15 is 0 Å². The topological polar surface area (TPSA) is 83.6 Å². The van der Waals surface area contributed by atoms with E-state index in [9.17, 15) is 18.0 Å². The van der Waals surface area contributed by atoms with Crippen LogP contribution < -0.4 is 9.62 Å². The van der Waals surface area contributed by atoms with Crippen LogP contribution in [0, 0.1) is 6.92 Å². The van der Waals surface area contributed by atoms with Crippen LogP contribution in [0.15, 0.2) is 66.7 Å². The van der Waals surface area contributed by atoms with Gasteiger partial charge >= 0.3 is 0 Å². The molecule has 0 atom stereocenters. The monoisotopic (exact) mass is 540 g/mol. The number of halogens is 1. The third kappa shape index (κ3) is 7.43. The van der Waals surface area contributed by atoms with Gasteiger partial charge < -0.3 is 5.32 Å². The molecule has 3 aromatic carbocycles. The molecule has 3 rings (SSSR count). The SMILES string of the molecule is Cc1c(Cl)cccc1N(CCCC(=O)Nc1cccc(C(=O)c2ccc(C(C)(C)C)cc2)c1)S(C)(=O)=O. The maximum absolute atomic E-state index is 13.0. The van der Waals surface area contributed by atoms with Gasteiger partial charge in [0.15, 0.2) is 5.78 Å². The van der Waals surface area contributed by atoms with Gasteiger partial charge in [-0.25, -0.2) is 8.42 Å². The van der Waals surface area contributed by atoms with Crippen molar-refractivity contribution in [2.24, 2.45) is 0 Å². The molecule has 0 aliphatic heterocycles. The van der Waals surface area contributed by atoms with E-state index in [1.54, 1.807) is 49.4 Å². The summed E-state index contributed by atoms with van der Waals surface area (Å²) < 4.78 is 26.1. The van der Waals surface area contributed by atoms with Gasteiger partial charge in [-0.05, 0) is 54.2 Å². The van der Waals surface area contributed by atoms with Crippen LogP contribution in [0.2, 0.25) is 5.02 Å². The Hall–Kier alpha value is -3.16. The molecule has 0 heterocycles. The second-order valence-electron chi connectivity index (χ2n) is 10.1. The number of carbonyl (C=O) groups excluding carboxylic acids is 2. The van der Waals surface area contributed by atoms with Crippen LogP contribution in [0.4, 0.5) is 11.4 Å². The van der Waals surface area contributed by atoms with Crippen LogP contribution in [0.1, 0.15) is 60.7 Å². The summed E-state index contributed by atoms with van der Waals surface area (Å²) in [5, 5.41) is 3.29. The van der Waals surface area contributed by atoms with Crippen molar-refractivity contribution in [3.05, 3.63) is 94.0 Å². The molecule has 0 saturated heterocycles. The zero-order chi connectivity index (χ0) is 27.4. The molecule has 0 fully saturated rings. The molecule has 8 heteroatoms. The minimum Gasteiger partial charge on any atom is -0.326 e. The lowest BCUT2D eigenvalue weighted by Crippen LogP contribution is -2.32. The molecular weight excluding hydrogens is 508 g/mol. The van der Waals surface area contributed by atoms with E-state index in [0.29, 0.717) is 39.5 Å². The fourth-order valence-electron chi connectivity index (χ4n) is 3.96. The molecule has 0 unspecified atom stereocenters. The number of carbonyl (C=O) groups is 2. The summed E-state index contributed by atoms with van der Waals surface area (Å²) in [6.45, 7) is 8.25. The van der Waals surface area contributed by atoms with Gasteiger partial charge in [0.2, 0.25) is 15.9 Å². The van der Waals surface area contributed by atoms with E-state index in [-0.39, 0.29) is 30.1 Å². The highest BCUT2D eigenvalue weighted by Gasteiger charge is 2.20. The molecular formula is C29H33ClN2O4S. The van der Waals surface area contributed by atoms with Crippen molar-refractivity contribution in [1.29, 1.82) is 0 Å². The number of nitrogens with one attached hydrogen (secondary N) is 1. The van der Waals surface area contributed by atoms with Crippen molar-refractivity contribution >= 4 is 44.7 Å². The second-order valence-corrected chi connectivity index (χ2v) is 12.4. The summed E-state index contributed by atoms with van der Waals surface area (Å²) in [4.78, 5) is 25.6. The summed E-state index contributed by atoms with van der Waals surface area (Å²) in [7, 11) is -3.56. The molecule has 6 nitrogen and oxygen atoms in total. The molecule has 0 spiro atoms. The molecule has 0 aliphatic rings. The summed E-state index contributed by atoms with van der Waals surface area (Å²) in [6, 6.07) is 19.5. The van der Waals surface area contributed by atoms with Gasteiger partial charge in [0, 0.05) is 34.8 Å². The highest BCUT2D eigenvalue weighted by atomic mass is 35.5. The number of anilines is 2. The number of amides is 1. The van der Waals surface area contributed by atoms with E-state index in [4.69, 9.17) is 11.6 Å². The van der Waals surface area contributed by atoms with E-state index < -0.39 is 10.0 Å². The normalized spacial score (nSPS) is 11.7. The molecule has 0 aromatic heterocycles. The Labute approximate surface area is 224 Å². The van der Waals surface area contributed by atoms with Gasteiger partial charge in [-0.2, -0.15) is 0 Å². The highest BCUT2D eigenvalue weighted by molar-refractivity contribution is 7.92. The van der Waals surface area contributed by atoms with E-state index in [1.165, 1.54) is 4.31 Å². The average molecular weight is 541 g/mol. The number of nitrogens with zero attached hydrogens (tertiary/aromatic N) is 1. The highest BCUT2D eigenvalue weighted by Crippen LogP contribution is 2.28. The lowest BCUT2D eigenvalue weighted by atomic mass is 9.86. The van der Waals surface area contributed by atoms with Crippen LogP contribution in [0.3, 0.4) is 0 Å². The van der Waals surface area contributed by atoms with Crippen LogP contribution >= 0.6 is 11.6 Å².